The number of carbonyl (C=O) groups excluding carboxylic acids is 1. The molecule has 3 rings (SSSR count). The number of ether oxygens (including phenoxy) is 2. The molecule has 0 aliphatic heterocycles. The van der Waals surface area contributed by atoms with Crippen LogP contribution in [0.15, 0.2) is 78.9 Å². The van der Waals surface area contributed by atoms with Crippen molar-refractivity contribution in [1.82, 2.24) is 0 Å². The van der Waals surface area contributed by atoms with Crippen LogP contribution >= 0.6 is 0 Å². The minimum atomic E-state index is -0.336. The standard InChI is InChI=1S/C22H18O3/c1-24-22(23)19-15-12-17(13-16-19)11-14-18-7-5-6-10-21(18)25-20-8-3-2-4-9-20/h2-16H,1H3. The lowest BCUT2D eigenvalue weighted by molar-refractivity contribution is 0.0600. The molecule has 0 N–H and O–H groups in total. The first-order valence-electron chi connectivity index (χ1n) is 7.94. The van der Waals surface area contributed by atoms with Crippen LogP contribution in [0.25, 0.3) is 12.2 Å². The largest absolute Gasteiger partial charge is 0.465 e. The van der Waals surface area contributed by atoms with E-state index in [9.17, 15) is 4.79 Å². The van der Waals surface area contributed by atoms with Crippen molar-refractivity contribution in [2.75, 3.05) is 7.11 Å². The lowest BCUT2D eigenvalue weighted by atomic mass is 10.1. The molecule has 0 heterocycles. The third kappa shape index (κ3) is 4.36. The molecule has 0 fully saturated rings. The van der Waals surface area contributed by atoms with E-state index >= 15 is 0 Å². The summed E-state index contributed by atoms with van der Waals surface area (Å²) in [6, 6.07) is 24.8. The molecule has 0 amide bonds. The minimum absolute atomic E-state index is 0.336. The van der Waals surface area contributed by atoms with E-state index in [1.807, 2.05) is 78.9 Å². The minimum Gasteiger partial charge on any atom is -0.465 e. The zero-order valence-corrected chi connectivity index (χ0v) is 13.9. The molecule has 0 radical (unpaired) electrons. The lowest BCUT2D eigenvalue weighted by Crippen LogP contribution is -2.00. The summed E-state index contributed by atoms with van der Waals surface area (Å²) in [5.74, 6) is 1.25. The summed E-state index contributed by atoms with van der Waals surface area (Å²) in [4.78, 5) is 11.5. The van der Waals surface area contributed by atoms with Crippen LogP contribution in [-0.4, -0.2) is 13.1 Å². The Morgan fingerprint density at radius 1 is 0.800 bits per heavy atom. The first kappa shape index (κ1) is 16.5. The van der Waals surface area contributed by atoms with E-state index < -0.39 is 0 Å². The van der Waals surface area contributed by atoms with Crippen LogP contribution in [0.4, 0.5) is 0 Å². The third-order valence-corrected chi connectivity index (χ3v) is 3.68. The molecule has 3 nitrogen and oxygen atoms in total. The number of esters is 1. The molecule has 0 spiro atoms. The van der Waals surface area contributed by atoms with Gasteiger partial charge in [0.15, 0.2) is 0 Å². The Morgan fingerprint density at radius 3 is 2.20 bits per heavy atom. The van der Waals surface area contributed by atoms with E-state index in [0.717, 1.165) is 22.6 Å². The zero-order valence-electron chi connectivity index (χ0n) is 13.9. The summed E-state index contributed by atoms with van der Waals surface area (Å²) in [5.41, 5.74) is 2.50. The van der Waals surface area contributed by atoms with Crippen LogP contribution in [0.5, 0.6) is 11.5 Å². The van der Waals surface area contributed by atoms with Crippen LogP contribution in [0.1, 0.15) is 21.5 Å². The summed E-state index contributed by atoms with van der Waals surface area (Å²) in [6.45, 7) is 0. The molecule has 0 aliphatic carbocycles. The highest BCUT2D eigenvalue weighted by molar-refractivity contribution is 5.89. The summed E-state index contributed by atoms with van der Waals surface area (Å²) in [5, 5.41) is 0. The predicted molar refractivity (Wildman–Crippen MR) is 99.7 cm³/mol. The van der Waals surface area contributed by atoms with Gasteiger partial charge in [0.25, 0.3) is 0 Å². The summed E-state index contributed by atoms with van der Waals surface area (Å²) < 4.78 is 10.7. The molecule has 0 atom stereocenters. The summed E-state index contributed by atoms with van der Waals surface area (Å²) in [7, 11) is 1.37. The maximum absolute atomic E-state index is 11.5. The molecule has 0 aromatic heterocycles. The van der Waals surface area contributed by atoms with Gasteiger partial charge in [-0.3, -0.25) is 0 Å². The average Bonchev–Trinajstić information content (AvgIpc) is 2.68. The molecule has 0 unspecified atom stereocenters. The molecule has 0 saturated heterocycles. The van der Waals surface area contributed by atoms with Gasteiger partial charge in [-0.05, 0) is 35.9 Å². The van der Waals surface area contributed by atoms with E-state index in [2.05, 4.69) is 0 Å². The fraction of sp³-hybridized carbons (Fsp3) is 0.0455. The van der Waals surface area contributed by atoms with Gasteiger partial charge in [0, 0.05) is 5.56 Å². The van der Waals surface area contributed by atoms with Gasteiger partial charge in [0.1, 0.15) is 11.5 Å². The number of rotatable bonds is 5. The number of carbonyl (C=O) groups is 1. The Labute approximate surface area is 147 Å². The van der Waals surface area contributed by atoms with Gasteiger partial charge in [0.2, 0.25) is 0 Å². The second-order valence-corrected chi connectivity index (χ2v) is 5.40. The number of methoxy groups -OCH3 is 1. The molecule has 3 aromatic carbocycles. The SMILES string of the molecule is COC(=O)c1ccc(C=Cc2ccccc2Oc2ccccc2)cc1. The maximum Gasteiger partial charge on any atom is 0.337 e. The molecule has 3 aromatic rings. The highest BCUT2D eigenvalue weighted by Crippen LogP contribution is 2.26. The summed E-state index contributed by atoms with van der Waals surface area (Å²) >= 11 is 0. The van der Waals surface area contributed by atoms with Crippen molar-refractivity contribution in [2.24, 2.45) is 0 Å². The topological polar surface area (TPSA) is 35.5 Å². The summed E-state index contributed by atoms with van der Waals surface area (Å²) in [6.07, 6.45) is 3.97. The van der Waals surface area contributed by atoms with Crippen molar-refractivity contribution in [3.63, 3.8) is 0 Å². The van der Waals surface area contributed by atoms with Crippen LogP contribution < -0.4 is 4.74 Å². The lowest BCUT2D eigenvalue weighted by Gasteiger charge is -2.08. The van der Waals surface area contributed by atoms with E-state index in [1.165, 1.54) is 7.11 Å². The molecule has 124 valence electrons. The molecule has 3 heteroatoms. The third-order valence-electron chi connectivity index (χ3n) is 3.68. The Bertz CT molecular complexity index is 865. The Hall–Kier alpha value is -3.33. The normalized spacial score (nSPS) is 10.6. The molecular formula is C22H18O3. The second kappa shape index (κ2) is 7.97. The van der Waals surface area contributed by atoms with Crippen molar-refractivity contribution in [2.45, 2.75) is 0 Å². The van der Waals surface area contributed by atoms with Crippen molar-refractivity contribution >= 4 is 18.1 Å². The van der Waals surface area contributed by atoms with Gasteiger partial charge < -0.3 is 9.47 Å². The van der Waals surface area contributed by atoms with Crippen LogP contribution in [0.2, 0.25) is 0 Å². The fourth-order valence-electron chi connectivity index (χ4n) is 2.36. The van der Waals surface area contributed by atoms with Gasteiger partial charge in [-0.2, -0.15) is 0 Å². The average molecular weight is 330 g/mol. The molecule has 0 bridgehead atoms. The van der Waals surface area contributed by atoms with E-state index in [1.54, 1.807) is 12.1 Å². The second-order valence-electron chi connectivity index (χ2n) is 5.40. The van der Waals surface area contributed by atoms with Gasteiger partial charge in [-0.15, -0.1) is 0 Å². The van der Waals surface area contributed by atoms with Gasteiger partial charge in [-0.25, -0.2) is 4.79 Å². The predicted octanol–water partition coefficient (Wildman–Crippen LogP) is 5.44. The van der Waals surface area contributed by atoms with Crippen molar-refractivity contribution in [1.29, 1.82) is 0 Å². The molecule has 0 aliphatic rings. The van der Waals surface area contributed by atoms with Crippen molar-refractivity contribution in [3.8, 4) is 11.5 Å². The van der Waals surface area contributed by atoms with Crippen LogP contribution in [0, 0.1) is 0 Å². The molecule has 25 heavy (non-hydrogen) atoms. The monoisotopic (exact) mass is 330 g/mol. The number of hydrogen-bond donors (Lipinski definition) is 0. The maximum atomic E-state index is 11.5. The van der Waals surface area contributed by atoms with Gasteiger partial charge >= 0.3 is 5.97 Å². The number of para-hydroxylation sites is 2. The highest BCUT2D eigenvalue weighted by atomic mass is 16.5. The zero-order chi connectivity index (χ0) is 17.5. The number of hydrogen-bond acceptors (Lipinski definition) is 3. The van der Waals surface area contributed by atoms with E-state index in [0.29, 0.717) is 5.56 Å². The van der Waals surface area contributed by atoms with Crippen molar-refractivity contribution in [3.05, 3.63) is 95.6 Å². The van der Waals surface area contributed by atoms with Gasteiger partial charge in [-0.1, -0.05) is 60.7 Å². The first-order valence-corrected chi connectivity index (χ1v) is 7.94. The van der Waals surface area contributed by atoms with Crippen LogP contribution in [0.3, 0.4) is 0 Å². The Kier molecular flexibility index (Phi) is 5.27. The molecule has 0 saturated carbocycles. The Balaban J connectivity index is 1.78. The fourth-order valence-corrected chi connectivity index (χ4v) is 2.36. The molecular weight excluding hydrogens is 312 g/mol. The highest BCUT2D eigenvalue weighted by Gasteiger charge is 2.04. The van der Waals surface area contributed by atoms with E-state index in [4.69, 9.17) is 9.47 Å². The quantitative estimate of drug-likeness (QED) is 0.462. The first-order chi connectivity index (χ1) is 12.3. The van der Waals surface area contributed by atoms with Crippen molar-refractivity contribution < 1.29 is 14.3 Å². The van der Waals surface area contributed by atoms with E-state index in [-0.39, 0.29) is 5.97 Å². The number of benzene rings is 3. The smallest absolute Gasteiger partial charge is 0.337 e. The Morgan fingerprint density at radius 2 is 1.48 bits per heavy atom. The van der Waals surface area contributed by atoms with Crippen LogP contribution in [-0.2, 0) is 4.74 Å². The van der Waals surface area contributed by atoms with Gasteiger partial charge in [0.05, 0.1) is 12.7 Å².